The minimum Gasteiger partial charge on any atom is -0.496 e. The average molecular weight is 549 g/mol. The third-order valence-electron chi connectivity index (χ3n) is 7.26. The van der Waals surface area contributed by atoms with Gasteiger partial charge in [0.2, 0.25) is 0 Å². The van der Waals surface area contributed by atoms with E-state index in [0.717, 1.165) is 45.1 Å². The van der Waals surface area contributed by atoms with E-state index in [-0.39, 0.29) is 5.92 Å². The number of hydrogen-bond acceptors (Lipinski definition) is 3. The zero-order valence-corrected chi connectivity index (χ0v) is 26.0. The Morgan fingerprint density at radius 1 is 0.463 bits per heavy atom. The van der Waals surface area contributed by atoms with Gasteiger partial charge in [-0.15, -0.1) is 0 Å². The molecule has 0 aliphatic heterocycles. The molecule has 0 aromatic heterocycles. The fourth-order valence-electron chi connectivity index (χ4n) is 5.64. The van der Waals surface area contributed by atoms with Crippen LogP contribution in [-0.2, 0) is 0 Å². The van der Waals surface area contributed by atoms with Gasteiger partial charge >= 0.3 is 0 Å². The lowest BCUT2D eigenvalue weighted by Crippen LogP contribution is -2.07. The Morgan fingerprint density at radius 2 is 0.805 bits per heavy atom. The molecule has 5 rings (SSSR count). The van der Waals surface area contributed by atoms with E-state index in [1.54, 1.807) is 21.3 Å². The van der Waals surface area contributed by atoms with Crippen LogP contribution in [0.15, 0.2) is 97.1 Å². The molecule has 0 atom stereocenters. The lowest BCUT2D eigenvalue weighted by molar-refractivity contribution is 0.415. The number of para-hydroxylation sites is 3. The molecule has 0 heterocycles. The first-order chi connectivity index (χ1) is 20.1. The maximum absolute atomic E-state index is 5.88. The molecule has 3 nitrogen and oxygen atoms in total. The van der Waals surface area contributed by atoms with Gasteiger partial charge < -0.3 is 14.2 Å². The largest absolute Gasteiger partial charge is 0.496 e. The van der Waals surface area contributed by atoms with Gasteiger partial charge in [0.15, 0.2) is 0 Å². The van der Waals surface area contributed by atoms with E-state index in [9.17, 15) is 0 Å². The summed E-state index contributed by atoms with van der Waals surface area (Å²) < 4.78 is 17.6. The fourth-order valence-corrected chi connectivity index (χ4v) is 5.64. The van der Waals surface area contributed by atoms with Gasteiger partial charge in [0.05, 0.1) is 21.3 Å². The van der Waals surface area contributed by atoms with Crippen LogP contribution in [0, 0.1) is 13.8 Å². The van der Waals surface area contributed by atoms with Gasteiger partial charge in [0.25, 0.3) is 0 Å². The highest BCUT2D eigenvalue weighted by Gasteiger charge is 2.29. The number of methoxy groups -OCH3 is 3. The molecule has 4 aromatic rings. The molecule has 4 aromatic carbocycles. The second kappa shape index (κ2) is 14.9. The van der Waals surface area contributed by atoms with Crippen molar-refractivity contribution < 1.29 is 14.2 Å². The van der Waals surface area contributed by atoms with Crippen LogP contribution in [0.2, 0.25) is 0 Å². The number of allylic oxidation sites excluding steroid dienone is 4. The van der Waals surface area contributed by atoms with Gasteiger partial charge in [0.1, 0.15) is 17.2 Å². The maximum Gasteiger partial charge on any atom is 0.126 e. The molecule has 0 bridgehead atoms. The predicted molar refractivity (Wildman–Crippen MR) is 176 cm³/mol. The second-order valence-corrected chi connectivity index (χ2v) is 9.19. The monoisotopic (exact) mass is 548 g/mol. The molecule has 41 heavy (non-hydrogen) atoms. The van der Waals surface area contributed by atoms with E-state index in [1.165, 1.54) is 22.3 Å². The van der Waals surface area contributed by atoms with Crippen LogP contribution in [0.3, 0.4) is 0 Å². The third-order valence-corrected chi connectivity index (χ3v) is 7.26. The summed E-state index contributed by atoms with van der Waals surface area (Å²) in [5.41, 5.74) is 10.3. The predicted octanol–water partition coefficient (Wildman–Crippen LogP) is 10.6. The molecular formula is C38H44O3. The van der Waals surface area contributed by atoms with E-state index >= 15 is 0 Å². The topological polar surface area (TPSA) is 27.7 Å². The molecule has 0 unspecified atom stereocenters. The van der Waals surface area contributed by atoms with Crippen LogP contribution < -0.4 is 14.2 Å². The van der Waals surface area contributed by atoms with Gasteiger partial charge in [0, 0.05) is 22.6 Å². The summed E-state index contributed by atoms with van der Waals surface area (Å²) in [6, 6.07) is 24.8. The summed E-state index contributed by atoms with van der Waals surface area (Å²) in [5, 5.41) is 0. The van der Waals surface area contributed by atoms with Crippen LogP contribution >= 0.6 is 0 Å². The molecular weight excluding hydrogens is 504 g/mol. The van der Waals surface area contributed by atoms with E-state index in [2.05, 4.69) is 74.5 Å². The van der Waals surface area contributed by atoms with E-state index in [0.29, 0.717) is 0 Å². The first-order valence-electron chi connectivity index (χ1n) is 14.5. The minimum atomic E-state index is 0.152. The van der Waals surface area contributed by atoms with Gasteiger partial charge in [-0.1, -0.05) is 107 Å². The maximum atomic E-state index is 5.88. The SMILES string of the molecule is CC.CC.COc1ccccc1-c1c(C)c(-c2ccccc2OC)c(C2C=CC=C2)c(C)c1-c1ccccc1OC. The summed E-state index contributed by atoms with van der Waals surface area (Å²) in [5.74, 6) is 2.68. The molecule has 1 aliphatic rings. The second-order valence-electron chi connectivity index (χ2n) is 9.19. The van der Waals surface area contributed by atoms with Crippen molar-refractivity contribution in [3.8, 4) is 50.6 Å². The quantitative estimate of drug-likeness (QED) is 0.230. The summed E-state index contributed by atoms with van der Waals surface area (Å²) in [6.07, 6.45) is 8.77. The molecule has 3 heteroatoms. The van der Waals surface area contributed by atoms with Crippen molar-refractivity contribution in [1.29, 1.82) is 0 Å². The molecule has 1 aliphatic carbocycles. The third kappa shape index (κ3) is 6.10. The van der Waals surface area contributed by atoms with E-state index in [1.807, 2.05) is 64.1 Å². The smallest absolute Gasteiger partial charge is 0.126 e. The number of ether oxygens (including phenoxy) is 3. The number of rotatable bonds is 7. The number of hydrogen-bond donors (Lipinski definition) is 0. The molecule has 0 fully saturated rings. The average Bonchev–Trinajstić information content (AvgIpc) is 3.58. The highest BCUT2D eigenvalue weighted by molar-refractivity contribution is 5.98. The minimum absolute atomic E-state index is 0.152. The molecule has 0 N–H and O–H groups in total. The van der Waals surface area contributed by atoms with Crippen molar-refractivity contribution >= 4 is 0 Å². The highest BCUT2D eigenvalue weighted by atomic mass is 16.5. The lowest BCUT2D eigenvalue weighted by atomic mass is 9.76. The Bertz CT molecular complexity index is 1500. The van der Waals surface area contributed by atoms with Crippen molar-refractivity contribution in [2.24, 2.45) is 0 Å². The highest BCUT2D eigenvalue weighted by Crippen LogP contribution is 2.52. The summed E-state index contributed by atoms with van der Waals surface area (Å²) in [7, 11) is 5.20. The first kappa shape index (κ1) is 31.3. The Kier molecular flexibility index (Phi) is 11.4. The molecule has 0 spiro atoms. The summed E-state index contributed by atoms with van der Waals surface area (Å²) >= 11 is 0. The standard InChI is InChI=1S/C34H32O3.2C2H6/c1-22-31(24-14-6-7-15-24)32(25-16-8-11-19-28(25)35-3)23(2)34(27-18-10-13-21-30(27)37-5)33(22)26-17-9-12-20-29(26)36-4;2*1-2/h6-21,24H,1-5H3;2*1-2H3. The summed E-state index contributed by atoms with van der Waals surface area (Å²) in [4.78, 5) is 0. The lowest BCUT2D eigenvalue weighted by Gasteiger charge is -2.28. The van der Waals surface area contributed by atoms with Crippen molar-refractivity contribution in [1.82, 2.24) is 0 Å². The van der Waals surface area contributed by atoms with Crippen molar-refractivity contribution in [3.05, 3.63) is 114 Å². The Labute approximate surface area is 247 Å². The normalized spacial score (nSPS) is 11.7. The number of benzene rings is 4. The van der Waals surface area contributed by atoms with Crippen molar-refractivity contribution in [3.63, 3.8) is 0 Å². The zero-order chi connectivity index (χ0) is 29.9. The van der Waals surface area contributed by atoms with E-state index in [4.69, 9.17) is 14.2 Å². The Hall–Kier alpha value is -4.24. The fraction of sp³-hybridized carbons (Fsp3) is 0.263. The molecule has 0 radical (unpaired) electrons. The van der Waals surface area contributed by atoms with Gasteiger partial charge in [-0.25, -0.2) is 0 Å². The molecule has 214 valence electrons. The molecule has 0 amide bonds. The van der Waals surface area contributed by atoms with Crippen LogP contribution in [0.5, 0.6) is 17.2 Å². The zero-order valence-electron chi connectivity index (χ0n) is 26.0. The van der Waals surface area contributed by atoms with Crippen molar-refractivity contribution in [2.75, 3.05) is 21.3 Å². The molecule has 0 saturated heterocycles. The van der Waals surface area contributed by atoms with Gasteiger partial charge in [-0.3, -0.25) is 0 Å². The van der Waals surface area contributed by atoms with Crippen molar-refractivity contribution in [2.45, 2.75) is 47.5 Å². The van der Waals surface area contributed by atoms with Crippen LogP contribution in [-0.4, -0.2) is 21.3 Å². The Balaban J connectivity index is 0.00000111. The first-order valence-corrected chi connectivity index (χ1v) is 14.5. The Morgan fingerprint density at radius 3 is 1.20 bits per heavy atom. The molecule has 0 saturated carbocycles. The van der Waals surface area contributed by atoms with Gasteiger partial charge in [-0.05, 0) is 65.4 Å². The van der Waals surface area contributed by atoms with Crippen LogP contribution in [0.25, 0.3) is 33.4 Å². The summed E-state index contributed by atoms with van der Waals surface area (Å²) in [6.45, 7) is 12.4. The van der Waals surface area contributed by atoms with Crippen LogP contribution in [0.1, 0.15) is 50.3 Å². The van der Waals surface area contributed by atoms with Crippen LogP contribution in [0.4, 0.5) is 0 Å². The van der Waals surface area contributed by atoms with E-state index < -0.39 is 0 Å². The van der Waals surface area contributed by atoms with Gasteiger partial charge in [-0.2, -0.15) is 0 Å².